The first-order valence-corrected chi connectivity index (χ1v) is 6.03. The van der Waals surface area contributed by atoms with Crippen LogP contribution in [0.4, 0.5) is 5.82 Å². The van der Waals surface area contributed by atoms with Crippen LogP contribution >= 0.6 is 0 Å². The second kappa shape index (κ2) is 5.25. The average molecular weight is 221 g/mol. The van der Waals surface area contributed by atoms with E-state index in [2.05, 4.69) is 27.9 Å². The Bertz CT molecular complexity index is 335. The highest BCUT2D eigenvalue weighted by Crippen LogP contribution is 2.18. The summed E-state index contributed by atoms with van der Waals surface area (Å²) in [6, 6.07) is 2.07. The molecule has 1 fully saturated rings. The summed E-state index contributed by atoms with van der Waals surface area (Å²) in [6.07, 6.45) is 5.31. The van der Waals surface area contributed by atoms with Gasteiger partial charge in [-0.25, -0.2) is 9.97 Å². The minimum absolute atomic E-state index is 0.131. The summed E-state index contributed by atoms with van der Waals surface area (Å²) in [6.45, 7) is 3.94. The number of hydrogen-bond acceptors (Lipinski definition) is 4. The fraction of sp³-hybridized carbons (Fsp3) is 0.667. The van der Waals surface area contributed by atoms with Crippen molar-refractivity contribution < 1.29 is 5.11 Å². The van der Waals surface area contributed by atoms with Crippen LogP contribution in [0.2, 0.25) is 0 Å². The van der Waals surface area contributed by atoms with Crippen molar-refractivity contribution >= 4 is 5.82 Å². The Labute approximate surface area is 96.3 Å². The molecule has 1 saturated heterocycles. The molecule has 1 aliphatic rings. The Balaban J connectivity index is 2.05. The van der Waals surface area contributed by atoms with Crippen molar-refractivity contribution in [1.82, 2.24) is 9.97 Å². The van der Waals surface area contributed by atoms with Crippen LogP contribution in [0, 0.1) is 0 Å². The Morgan fingerprint density at radius 3 is 2.81 bits per heavy atom. The lowest BCUT2D eigenvalue weighted by Crippen LogP contribution is -2.36. The van der Waals surface area contributed by atoms with E-state index in [0.717, 1.165) is 50.3 Å². The molecule has 0 saturated carbocycles. The van der Waals surface area contributed by atoms with E-state index in [-0.39, 0.29) is 6.10 Å². The highest BCUT2D eigenvalue weighted by Gasteiger charge is 2.18. The zero-order valence-corrected chi connectivity index (χ0v) is 9.76. The van der Waals surface area contributed by atoms with Crippen LogP contribution in [-0.4, -0.2) is 34.3 Å². The summed E-state index contributed by atoms with van der Waals surface area (Å²) in [4.78, 5) is 10.8. The minimum Gasteiger partial charge on any atom is -0.393 e. The number of anilines is 1. The van der Waals surface area contributed by atoms with Crippen LogP contribution in [-0.2, 0) is 6.42 Å². The van der Waals surface area contributed by atoms with Crippen molar-refractivity contribution in [1.29, 1.82) is 0 Å². The van der Waals surface area contributed by atoms with E-state index >= 15 is 0 Å². The summed E-state index contributed by atoms with van der Waals surface area (Å²) < 4.78 is 0. The largest absolute Gasteiger partial charge is 0.393 e. The molecule has 1 aromatic heterocycles. The molecule has 16 heavy (non-hydrogen) atoms. The van der Waals surface area contributed by atoms with Gasteiger partial charge in [0.05, 0.1) is 6.10 Å². The van der Waals surface area contributed by atoms with Crippen LogP contribution in [0.5, 0.6) is 0 Å². The van der Waals surface area contributed by atoms with Gasteiger partial charge in [0.25, 0.3) is 0 Å². The minimum atomic E-state index is -0.131. The molecule has 0 aliphatic carbocycles. The van der Waals surface area contributed by atoms with Crippen molar-refractivity contribution in [2.75, 3.05) is 18.0 Å². The molecule has 1 N–H and O–H groups in total. The molecule has 2 rings (SSSR count). The summed E-state index contributed by atoms with van der Waals surface area (Å²) in [5.74, 6) is 1.00. The SMILES string of the molecule is CCCc1cc(N2CCC(O)CC2)ncn1. The number of rotatable bonds is 3. The molecule has 4 heteroatoms. The number of aliphatic hydroxyl groups is 1. The molecule has 0 radical (unpaired) electrons. The van der Waals surface area contributed by atoms with Crippen LogP contribution < -0.4 is 4.90 Å². The first-order valence-electron chi connectivity index (χ1n) is 6.03. The molecule has 0 amide bonds. The third-order valence-electron chi connectivity index (χ3n) is 3.00. The van der Waals surface area contributed by atoms with Crippen molar-refractivity contribution in [3.63, 3.8) is 0 Å². The molecule has 0 atom stereocenters. The van der Waals surface area contributed by atoms with Crippen molar-refractivity contribution in [3.05, 3.63) is 18.1 Å². The van der Waals surface area contributed by atoms with Gasteiger partial charge in [0.1, 0.15) is 12.1 Å². The molecule has 0 aromatic carbocycles. The van der Waals surface area contributed by atoms with Gasteiger partial charge >= 0.3 is 0 Å². The van der Waals surface area contributed by atoms with Gasteiger partial charge in [-0.15, -0.1) is 0 Å². The van der Waals surface area contributed by atoms with Crippen LogP contribution in [0.15, 0.2) is 12.4 Å². The monoisotopic (exact) mass is 221 g/mol. The number of hydrogen-bond donors (Lipinski definition) is 1. The molecule has 4 nitrogen and oxygen atoms in total. The van der Waals surface area contributed by atoms with Crippen molar-refractivity contribution in [2.24, 2.45) is 0 Å². The number of aliphatic hydroxyl groups excluding tert-OH is 1. The van der Waals surface area contributed by atoms with Gasteiger partial charge in [-0.05, 0) is 19.3 Å². The van der Waals surface area contributed by atoms with Gasteiger partial charge in [0.15, 0.2) is 0 Å². The lowest BCUT2D eigenvalue weighted by molar-refractivity contribution is 0.145. The van der Waals surface area contributed by atoms with Crippen LogP contribution in [0.1, 0.15) is 31.9 Å². The highest BCUT2D eigenvalue weighted by molar-refractivity contribution is 5.39. The average Bonchev–Trinajstić information content (AvgIpc) is 2.31. The molecular formula is C12H19N3O. The van der Waals surface area contributed by atoms with Gasteiger partial charge in [-0.2, -0.15) is 0 Å². The number of aryl methyl sites for hydroxylation is 1. The summed E-state index contributed by atoms with van der Waals surface area (Å²) in [5, 5.41) is 9.45. The molecule has 0 spiro atoms. The Morgan fingerprint density at radius 2 is 2.12 bits per heavy atom. The standard InChI is InChI=1S/C12H19N3O/c1-2-3-10-8-12(14-9-13-10)15-6-4-11(16)5-7-15/h8-9,11,16H,2-7H2,1H3. The highest BCUT2D eigenvalue weighted by atomic mass is 16.3. The third kappa shape index (κ3) is 2.70. The molecule has 2 heterocycles. The fourth-order valence-corrected chi connectivity index (χ4v) is 2.05. The van der Waals surface area contributed by atoms with E-state index < -0.39 is 0 Å². The first kappa shape index (κ1) is 11.3. The molecule has 1 aliphatic heterocycles. The zero-order valence-electron chi connectivity index (χ0n) is 9.76. The van der Waals surface area contributed by atoms with Crippen LogP contribution in [0.3, 0.4) is 0 Å². The van der Waals surface area contributed by atoms with Crippen molar-refractivity contribution in [2.45, 2.75) is 38.7 Å². The molecule has 0 bridgehead atoms. The number of aromatic nitrogens is 2. The van der Waals surface area contributed by atoms with Gasteiger partial charge in [0.2, 0.25) is 0 Å². The van der Waals surface area contributed by atoms with E-state index in [1.807, 2.05) is 0 Å². The van der Waals surface area contributed by atoms with Crippen molar-refractivity contribution in [3.8, 4) is 0 Å². The van der Waals surface area contributed by atoms with E-state index in [9.17, 15) is 5.11 Å². The molecule has 88 valence electrons. The van der Waals surface area contributed by atoms with E-state index in [0.29, 0.717) is 0 Å². The third-order valence-corrected chi connectivity index (χ3v) is 3.00. The Hall–Kier alpha value is -1.16. The first-order chi connectivity index (χ1) is 7.79. The van der Waals surface area contributed by atoms with E-state index in [1.165, 1.54) is 0 Å². The van der Waals surface area contributed by atoms with Crippen LogP contribution in [0.25, 0.3) is 0 Å². The predicted molar refractivity (Wildman–Crippen MR) is 63.5 cm³/mol. The molecule has 0 unspecified atom stereocenters. The molecular weight excluding hydrogens is 202 g/mol. The van der Waals surface area contributed by atoms with Gasteiger partial charge < -0.3 is 10.0 Å². The van der Waals surface area contributed by atoms with Gasteiger partial charge in [-0.1, -0.05) is 13.3 Å². The molecule has 1 aromatic rings. The fourth-order valence-electron chi connectivity index (χ4n) is 2.05. The van der Waals surface area contributed by atoms with E-state index in [4.69, 9.17) is 0 Å². The van der Waals surface area contributed by atoms with Gasteiger partial charge in [-0.3, -0.25) is 0 Å². The maximum atomic E-state index is 9.45. The predicted octanol–water partition coefficient (Wildman–Crippen LogP) is 1.39. The van der Waals surface area contributed by atoms with Gasteiger partial charge in [0, 0.05) is 24.8 Å². The lowest BCUT2D eigenvalue weighted by atomic mass is 10.1. The maximum Gasteiger partial charge on any atom is 0.132 e. The Morgan fingerprint density at radius 1 is 1.38 bits per heavy atom. The summed E-state index contributed by atoms with van der Waals surface area (Å²) >= 11 is 0. The normalized spacial score (nSPS) is 17.8. The smallest absolute Gasteiger partial charge is 0.132 e. The quantitative estimate of drug-likeness (QED) is 0.838. The summed E-state index contributed by atoms with van der Waals surface area (Å²) in [7, 11) is 0. The lowest BCUT2D eigenvalue weighted by Gasteiger charge is -2.30. The topological polar surface area (TPSA) is 49.2 Å². The van der Waals surface area contributed by atoms with E-state index in [1.54, 1.807) is 6.33 Å². The second-order valence-corrected chi connectivity index (χ2v) is 4.34. The second-order valence-electron chi connectivity index (χ2n) is 4.34. The zero-order chi connectivity index (χ0) is 11.4. The Kier molecular flexibility index (Phi) is 3.72. The number of piperidine rings is 1. The maximum absolute atomic E-state index is 9.45. The number of nitrogens with zero attached hydrogens (tertiary/aromatic N) is 3. The summed E-state index contributed by atoms with van der Waals surface area (Å²) in [5.41, 5.74) is 1.11.